The molecule has 0 unspecified atom stereocenters. The van der Waals surface area contributed by atoms with Gasteiger partial charge in [-0.1, -0.05) is 4.33 Å². The SMILES string of the molecule is CCOS(=O)(=O)OOC(F)F.[H-].[Li+]. The minimum absolute atomic E-state index is 0. The molecule has 0 heterocycles. The molecule has 0 fully saturated rings. The summed E-state index contributed by atoms with van der Waals surface area (Å²) in [7, 11) is -4.43. The van der Waals surface area contributed by atoms with Crippen molar-refractivity contribution in [2.45, 2.75) is 13.5 Å². The average Bonchev–Trinajstić information content (AvgIpc) is 1.84. The summed E-state index contributed by atoms with van der Waals surface area (Å²) in [5.74, 6) is 0. The maximum Gasteiger partial charge on any atom is 1.00 e. The van der Waals surface area contributed by atoms with Gasteiger partial charge in [0.1, 0.15) is 0 Å². The zero-order valence-corrected chi connectivity index (χ0v) is 7.31. The Balaban J connectivity index is -0.000000500. The van der Waals surface area contributed by atoms with Gasteiger partial charge in [-0.25, -0.2) is 4.18 Å². The van der Waals surface area contributed by atoms with Crippen LogP contribution in [0, 0.1) is 0 Å². The first-order chi connectivity index (χ1) is 4.98. The van der Waals surface area contributed by atoms with E-state index in [1.807, 2.05) is 0 Å². The van der Waals surface area contributed by atoms with Crippen LogP contribution in [0.2, 0.25) is 0 Å². The normalized spacial score (nSPS) is 11.3. The Kier molecular flexibility index (Phi) is 8.34. The van der Waals surface area contributed by atoms with Gasteiger partial charge in [0.25, 0.3) is 0 Å². The summed E-state index contributed by atoms with van der Waals surface area (Å²) >= 11 is 0. The zero-order chi connectivity index (χ0) is 8.91. The van der Waals surface area contributed by atoms with Gasteiger partial charge in [0.2, 0.25) is 0 Å². The molecule has 0 aromatic carbocycles. The molecule has 0 saturated heterocycles. The van der Waals surface area contributed by atoms with Crippen LogP contribution in [0.1, 0.15) is 8.35 Å². The Hall–Kier alpha value is 0.287. The average molecular weight is 200 g/mol. The Morgan fingerprint density at radius 2 is 2.00 bits per heavy atom. The molecule has 70 valence electrons. The quantitative estimate of drug-likeness (QED) is 0.280. The summed E-state index contributed by atoms with van der Waals surface area (Å²) in [6.45, 7) is -2.18. The van der Waals surface area contributed by atoms with Crippen molar-refractivity contribution < 1.29 is 50.9 Å². The number of rotatable bonds is 5. The van der Waals surface area contributed by atoms with Crippen LogP contribution in [0.15, 0.2) is 0 Å². The minimum Gasteiger partial charge on any atom is -1.00 e. The molecular weight excluding hydrogens is 193 g/mol. The fraction of sp³-hybridized carbons (Fsp3) is 1.00. The van der Waals surface area contributed by atoms with Crippen LogP contribution in [0.25, 0.3) is 0 Å². The van der Waals surface area contributed by atoms with Crippen LogP contribution >= 0.6 is 0 Å². The standard InChI is InChI=1S/C3H6F2O5S.Li.H/c1-2-8-11(6,7)10-9-3(4)5;;/h3H,2H2,1H3;;/q;+1;-1. The summed E-state index contributed by atoms with van der Waals surface area (Å²) in [5.41, 5.74) is 0. The van der Waals surface area contributed by atoms with Crippen LogP contribution in [-0.2, 0) is 23.8 Å². The first-order valence-corrected chi connectivity index (χ1v) is 3.83. The molecule has 0 radical (unpaired) electrons. The van der Waals surface area contributed by atoms with E-state index in [2.05, 4.69) is 13.4 Å². The number of halogens is 2. The molecule has 0 aliphatic carbocycles. The maximum atomic E-state index is 11.1. The molecular formula is C3H7F2LiO5S. The minimum atomic E-state index is -4.43. The van der Waals surface area contributed by atoms with Crippen LogP contribution < -0.4 is 18.9 Å². The van der Waals surface area contributed by atoms with E-state index in [0.29, 0.717) is 0 Å². The van der Waals surface area contributed by atoms with E-state index in [0.717, 1.165) is 0 Å². The first kappa shape index (κ1) is 14.8. The third kappa shape index (κ3) is 8.38. The molecule has 0 rings (SSSR count). The monoisotopic (exact) mass is 200 g/mol. The van der Waals surface area contributed by atoms with Crippen molar-refractivity contribution >= 4 is 10.4 Å². The Morgan fingerprint density at radius 1 is 1.50 bits per heavy atom. The Labute approximate surface area is 81.9 Å². The van der Waals surface area contributed by atoms with E-state index in [1.165, 1.54) is 6.92 Å². The van der Waals surface area contributed by atoms with Gasteiger partial charge in [0, 0.05) is 0 Å². The summed E-state index contributed by atoms with van der Waals surface area (Å²) < 4.78 is 49.8. The van der Waals surface area contributed by atoms with Gasteiger partial charge in [-0.3, -0.25) is 0 Å². The molecule has 9 heteroatoms. The van der Waals surface area contributed by atoms with Gasteiger partial charge in [-0.15, -0.1) is 4.89 Å². The molecule has 0 aliphatic rings. The van der Waals surface area contributed by atoms with Gasteiger partial charge < -0.3 is 1.43 Å². The van der Waals surface area contributed by atoms with E-state index in [4.69, 9.17) is 0 Å². The van der Waals surface area contributed by atoms with E-state index >= 15 is 0 Å². The van der Waals surface area contributed by atoms with Crippen LogP contribution in [-0.4, -0.2) is 21.6 Å². The molecule has 0 atom stereocenters. The molecule has 0 N–H and O–H groups in total. The first-order valence-electron chi connectivity index (χ1n) is 2.50. The summed E-state index contributed by atoms with van der Waals surface area (Å²) in [6.07, 6.45) is 0. The van der Waals surface area contributed by atoms with E-state index < -0.39 is 17.0 Å². The molecule has 5 nitrogen and oxygen atoms in total. The second-order valence-corrected chi connectivity index (χ2v) is 2.43. The smallest absolute Gasteiger partial charge is 1.00 e. The second-order valence-electron chi connectivity index (χ2n) is 1.24. The zero-order valence-electron chi connectivity index (χ0n) is 7.49. The third-order valence-corrected chi connectivity index (χ3v) is 1.23. The van der Waals surface area contributed by atoms with Crippen molar-refractivity contribution in [1.82, 2.24) is 0 Å². The third-order valence-electron chi connectivity index (χ3n) is 0.458. The van der Waals surface area contributed by atoms with Crippen LogP contribution in [0.4, 0.5) is 8.78 Å². The second kappa shape index (κ2) is 6.77. The van der Waals surface area contributed by atoms with Crippen LogP contribution in [0.3, 0.4) is 0 Å². The molecule has 0 saturated carbocycles. The molecule has 0 aromatic rings. The fourth-order valence-electron chi connectivity index (χ4n) is 0.242. The van der Waals surface area contributed by atoms with E-state index in [-0.39, 0.29) is 26.9 Å². The Morgan fingerprint density at radius 3 is 2.33 bits per heavy atom. The summed E-state index contributed by atoms with van der Waals surface area (Å²) in [4.78, 5) is 3.01. The van der Waals surface area contributed by atoms with Crippen molar-refractivity contribution in [2.75, 3.05) is 6.61 Å². The van der Waals surface area contributed by atoms with E-state index in [1.54, 1.807) is 0 Å². The Bertz CT molecular complexity index is 198. The predicted molar refractivity (Wildman–Crippen MR) is 29.8 cm³/mol. The van der Waals surface area contributed by atoms with Gasteiger partial charge in [-0.2, -0.15) is 17.2 Å². The molecule has 12 heavy (non-hydrogen) atoms. The molecule has 0 aromatic heterocycles. The van der Waals surface area contributed by atoms with Crippen molar-refractivity contribution in [3.05, 3.63) is 0 Å². The number of hydrogen-bond acceptors (Lipinski definition) is 5. The fourth-order valence-corrected chi connectivity index (χ4v) is 0.725. The van der Waals surface area contributed by atoms with Crippen molar-refractivity contribution in [1.29, 1.82) is 0 Å². The van der Waals surface area contributed by atoms with Gasteiger partial charge in [0.05, 0.1) is 6.61 Å². The van der Waals surface area contributed by atoms with Crippen molar-refractivity contribution in [2.24, 2.45) is 0 Å². The van der Waals surface area contributed by atoms with Gasteiger partial charge >= 0.3 is 35.9 Å². The largest absolute Gasteiger partial charge is 1.00 e. The summed E-state index contributed by atoms with van der Waals surface area (Å²) in [6, 6.07) is 0. The predicted octanol–water partition coefficient (Wildman–Crippen LogP) is -2.44. The summed E-state index contributed by atoms with van der Waals surface area (Å²) in [5, 5.41) is 0. The number of hydrogen-bond donors (Lipinski definition) is 0. The van der Waals surface area contributed by atoms with Gasteiger partial charge in [0.15, 0.2) is 0 Å². The molecule has 0 amide bonds. The maximum absolute atomic E-state index is 11.1. The van der Waals surface area contributed by atoms with Gasteiger partial charge in [-0.05, 0) is 6.92 Å². The molecule has 0 spiro atoms. The number of alkyl halides is 2. The van der Waals surface area contributed by atoms with E-state index in [9.17, 15) is 17.2 Å². The topological polar surface area (TPSA) is 61.8 Å². The molecule has 0 bridgehead atoms. The van der Waals surface area contributed by atoms with Crippen LogP contribution in [0.5, 0.6) is 0 Å². The van der Waals surface area contributed by atoms with Crippen molar-refractivity contribution in [3.8, 4) is 0 Å². The van der Waals surface area contributed by atoms with Crippen molar-refractivity contribution in [3.63, 3.8) is 0 Å². The molecule has 0 aliphatic heterocycles.